The van der Waals surface area contributed by atoms with Crippen LogP contribution in [0.5, 0.6) is 0 Å². The number of carbonyl (C=O) groups excluding carboxylic acids is 2. The van der Waals surface area contributed by atoms with Gasteiger partial charge in [0.2, 0.25) is 5.91 Å². The van der Waals surface area contributed by atoms with Crippen molar-refractivity contribution in [3.8, 4) is 0 Å². The zero-order valence-electron chi connectivity index (χ0n) is 14.4. The van der Waals surface area contributed by atoms with Crippen molar-refractivity contribution in [2.24, 2.45) is 5.73 Å². The lowest BCUT2D eigenvalue weighted by molar-refractivity contribution is -0.132. The predicted molar refractivity (Wildman–Crippen MR) is 104 cm³/mol. The standard InChI is InChI=1S/C18H22N4O2S.ClH/c19-11-16-20-15(12-25-16)17(23)21-14(10-13-6-2-1-3-7-13)18(24)22-8-4-5-9-22;/h1-3,6-7,12,14H,4-5,8-11,19H2,(H,21,23);1H. The highest BCUT2D eigenvalue weighted by atomic mass is 35.5. The Morgan fingerprint density at radius 1 is 1.23 bits per heavy atom. The van der Waals surface area contributed by atoms with Crippen LogP contribution in [0.25, 0.3) is 0 Å². The minimum atomic E-state index is -0.587. The smallest absolute Gasteiger partial charge is 0.271 e. The summed E-state index contributed by atoms with van der Waals surface area (Å²) < 4.78 is 0. The first kappa shape index (κ1) is 20.4. The lowest BCUT2D eigenvalue weighted by atomic mass is 10.0. The lowest BCUT2D eigenvalue weighted by Gasteiger charge is -2.24. The summed E-state index contributed by atoms with van der Waals surface area (Å²) in [6.07, 6.45) is 2.50. The molecular formula is C18H23ClN4O2S. The van der Waals surface area contributed by atoms with Crippen LogP contribution < -0.4 is 11.1 Å². The maximum atomic E-state index is 12.9. The Bertz CT molecular complexity index is 732. The van der Waals surface area contributed by atoms with E-state index < -0.39 is 6.04 Å². The van der Waals surface area contributed by atoms with Crippen molar-refractivity contribution in [3.05, 3.63) is 52.0 Å². The number of benzene rings is 1. The van der Waals surface area contributed by atoms with Crippen molar-refractivity contribution >= 4 is 35.6 Å². The Hall–Kier alpha value is -1.96. The minimum absolute atomic E-state index is 0. The average molecular weight is 395 g/mol. The van der Waals surface area contributed by atoms with E-state index >= 15 is 0 Å². The van der Waals surface area contributed by atoms with Crippen LogP contribution in [0, 0.1) is 0 Å². The van der Waals surface area contributed by atoms with Crippen molar-refractivity contribution in [2.75, 3.05) is 13.1 Å². The number of nitrogens with one attached hydrogen (secondary N) is 1. The number of nitrogens with two attached hydrogens (primary N) is 1. The van der Waals surface area contributed by atoms with Gasteiger partial charge in [0.25, 0.3) is 5.91 Å². The number of amides is 2. The number of rotatable bonds is 6. The molecule has 1 aliphatic heterocycles. The van der Waals surface area contributed by atoms with Crippen LogP contribution in [-0.4, -0.2) is 40.8 Å². The molecule has 2 aromatic rings. The van der Waals surface area contributed by atoms with Gasteiger partial charge in [0.15, 0.2) is 0 Å². The maximum absolute atomic E-state index is 12.9. The van der Waals surface area contributed by atoms with Crippen LogP contribution in [-0.2, 0) is 17.8 Å². The second kappa shape index (κ2) is 9.66. The molecule has 0 aliphatic carbocycles. The topological polar surface area (TPSA) is 88.3 Å². The van der Waals surface area contributed by atoms with Gasteiger partial charge in [0, 0.05) is 31.4 Å². The number of thiazole rings is 1. The Morgan fingerprint density at radius 2 is 1.92 bits per heavy atom. The summed E-state index contributed by atoms with van der Waals surface area (Å²) >= 11 is 1.35. The molecule has 0 bridgehead atoms. The Balaban J connectivity index is 0.00000243. The van der Waals surface area contributed by atoms with Gasteiger partial charge in [0.1, 0.15) is 16.7 Å². The first-order chi connectivity index (χ1) is 12.2. The quantitative estimate of drug-likeness (QED) is 0.784. The van der Waals surface area contributed by atoms with Crippen LogP contribution >= 0.6 is 23.7 Å². The number of nitrogens with zero attached hydrogens (tertiary/aromatic N) is 2. The fraction of sp³-hybridized carbons (Fsp3) is 0.389. The first-order valence-corrected chi connectivity index (χ1v) is 9.33. The minimum Gasteiger partial charge on any atom is -0.341 e. The Morgan fingerprint density at radius 3 is 2.54 bits per heavy atom. The molecule has 26 heavy (non-hydrogen) atoms. The molecule has 0 radical (unpaired) electrons. The molecule has 3 rings (SSSR count). The third kappa shape index (κ3) is 5.03. The van der Waals surface area contributed by atoms with Crippen LogP contribution in [0.3, 0.4) is 0 Å². The molecule has 2 heterocycles. The number of halogens is 1. The fourth-order valence-corrected chi connectivity index (χ4v) is 3.60. The van der Waals surface area contributed by atoms with Gasteiger partial charge >= 0.3 is 0 Å². The van der Waals surface area contributed by atoms with E-state index in [0.717, 1.165) is 31.5 Å². The largest absolute Gasteiger partial charge is 0.341 e. The van der Waals surface area contributed by atoms with Gasteiger partial charge in [-0.25, -0.2) is 4.98 Å². The summed E-state index contributed by atoms with van der Waals surface area (Å²) in [4.78, 5) is 31.4. The van der Waals surface area contributed by atoms with E-state index in [2.05, 4.69) is 10.3 Å². The molecule has 1 atom stereocenters. The summed E-state index contributed by atoms with van der Waals surface area (Å²) in [7, 11) is 0. The average Bonchev–Trinajstić information content (AvgIpc) is 3.33. The molecule has 0 spiro atoms. The maximum Gasteiger partial charge on any atom is 0.271 e. The van der Waals surface area contributed by atoms with Crippen LogP contribution in [0.1, 0.15) is 33.9 Å². The highest BCUT2D eigenvalue weighted by molar-refractivity contribution is 7.09. The van der Waals surface area contributed by atoms with E-state index in [1.54, 1.807) is 5.38 Å². The number of hydrogen-bond acceptors (Lipinski definition) is 5. The highest BCUT2D eigenvalue weighted by Crippen LogP contribution is 2.14. The summed E-state index contributed by atoms with van der Waals surface area (Å²) in [6, 6.07) is 9.14. The molecule has 6 nitrogen and oxygen atoms in total. The van der Waals surface area contributed by atoms with Gasteiger partial charge in [-0.05, 0) is 18.4 Å². The summed E-state index contributed by atoms with van der Waals surface area (Å²) in [6.45, 7) is 1.82. The van der Waals surface area contributed by atoms with Gasteiger partial charge in [-0.15, -0.1) is 23.7 Å². The Kier molecular flexibility index (Phi) is 7.56. The number of aromatic nitrogens is 1. The Labute approximate surface area is 163 Å². The third-order valence-corrected chi connectivity index (χ3v) is 5.13. The van der Waals surface area contributed by atoms with Crippen molar-refractivity contribution in [2.45, 2.75) is 31.8 Å². The van der Waals surface area contributed by atoms with E-state index in [-0.39, 0.29) is 24.2 Å². The van der Waals surface area contributed by atoms with Gasteiger partial charge in [-0.2, -0.15) is 0 Å². The molecule has 2 amide bonds. The second-order valence-corrected chi connectivity index (χ2v) is 7.02. The van der Waals surface area contributed by atoms with Crippen molar-refractivity contribution in [1.29, 1.82) is 0 Å². The fourth-order valence-electron chi connectivity index (χ4n) is 2.95. The SMILES string of the molecule is Cl.NCc1nc(C(=O)NC(Cc2ccccc2)C(=O)N2CCCC2)cs1. The summed E-state index contributed by atoms with van der Waals surface area (Å²) in [5.74, 6) is -0.353. The van der Waals surface area contributed by atoms with Gasteiger partial charge < -0.3 is 16.0 Å². The summed E-state index contributed by atoms with van der Waals surface area (Å²) in [5.41, 5.74) is 6.89. The van der Waals surface area contributed by atoms with Gasteiger partial charge in [-0.1, -0.05) is 30.3 Å². The summed E-state index contributed by atoms with van der Waals surface area (Å²) in [5, 5.41) is 5.25. The molecular weight excluding hydrogens is 372 g/mol. The number of carbonyl (C=O) groups is 2. The molecule has 1 aliphatic rings. The number of hydrogen-bond donors (Lipinski definition) is 2. The normalized spacial score (nSPS) is 14.6. The van der Waals surface area contributed by atoms with Crippen LogP contribution in [0.2, 0.25) is 0 Å². The molecule has 1 aromatic carbocycles. The van der Waals surface area contributed by atoms with E-state index in [0.29, 0.717) is 23.7 Å². The van der Waals surface area contributed by atoms with Crippen molar-refractivity contribution < 1.29 is 9.59 Å². The van der Waals surface area contributed by atoms with Crippen LogP contribution in [0.15, 0.2) is 35.7 Å². The van der Waals surface area contributed by atoms with Crippen molar-refractivity contribution in [3.63, 3.8) is 0 Å². The molecule has 0 saturated carbocycles. The molecule has 1 saturated heterocycles. The number of likely N-dealkylation sites (tertiary alicyclic amines) is 1. The highest BCUT2D eigenvalue weighted by Gasteiger charge is 2.28. The van der Waals surface area contributed by atoms with Gasteiger partial charge in [0.05, 0.1) is 0 Å². The van der Waals surface area contributed by atoms with Gasteiger partial charge in [-0.3, -0.25) is 9.59 Å². The zero-order valence-corrected chi connectivity index (χ0v) is 16.0. The van der Waals surface area contributed by atoms with Crippen molar-refractivity contribution in [1.82, 2.24) is 15.2 Å². The van der Waals surface area contributed by atoms with Crippen LogP contribution in [0.4, 0.5) is 0 Å². The third-order valence-electron chi connectivity index (χ3n) is 4.26. The first-order valence-electron chi connectivity index (χ1n) is 8.45. The predicted octanol–water partition coefficient (Wildman–Crippen LogP) is 1.99. The second-order valence-electron chi connectivity index (χ2n) is 6.08. The molecule has 1 fully saturated rings. The van der Waals surface area contributed by atoms with E-state index in [1.165, 1.54) is 11.3 Å². The van der Waals surface area contributed by atoms with E-state index in [4.69, 9.17) is 5.73 Å². The molecule has 140 valence electrons. The zero-order chi connectivity index (χ0) is 17.6. The van der Waals surface area contributed by atoms with E-state index in [9.17, 15) is 9.59 Å². The molecule has 1 aromatic heterocycles. The molecule has 8 heteroatoms. The molecule has 1 unspecified atom stereocenters. The molecule has 3 N–H and O–H groups in total. The lowest BCUT2D eigenvalue weighted by Crippen LogP contribution is -2.49. The van der Waals surface area contributed by atoms with E-state index in [1.807, 2.05) is 35.2 Å². The monoisotopic (exact) mass is 394 g/mol.